The second kappa shape index (κ2) is 9.35. The first kappa shape index (κ1) is 24.7. The number of hydrogen-bond acceptors (Lipinski definition) is 5. The number of H-pyrrole nitrogens is 1. The van der Waals surface area contributed by atoms with E-state index in [1.54, 1.807) is 6.07 Å². The zero-order chi connectivity index (χ0) is 26.2. The molecule has 0 aliphatic heterocycles. The summed E-state index contributed by atoms with van der Waals surface area (Å²) in [6.45, 7) is -0.305. The largest absolute Gasteiger partial charge is 0.449 e. The van der Waals surface area contributed by atoms with Crippen molar-refractivity contribution in [1.29, 1.82) is 5.26 Å². The molecule has 0 spiro atoms. The van der Waals surface area contributed by atoms with Crippen LogP contribution in [0.2, 0.25) is 5.02 Å². The van der Waals surface area contributed by atoms with Crippen LogP contribution in [0.4, 0.5) is 17.6 Å². The second-order valence-corrected chi connectivity index (χ2v) is 7.95. The topological polar surface area (TPSA) is 106 Å². The van der Waals surface area contributed by atoms with Crippen LogP contribution in [0.15, 0.2) is 58.3 Å². The van der Waals surface area contributed by atoms with Gasteiger partial charge in [0.2, 0.25) is 5.75 Å². The summed E-state index contributed by atoms with van der Waals surface area (Å²) in [6.07, 6.45) is -4.00. The van der Waals surface area contributed by atoms with Crippen molar-refractivity contribution in [2.24, 2.45) is 7.05 Å². The number of aromatic nitrogens is 4. The molecule has 2 heterocycles. The summed E-state index contributed by atoms with van der Waals surface area (Å²) in [5, 5.41) is 14.8. The molecule has 0 aliphatic carbocycles. The summed E-state index contributed by atoms with van der Waals surface area (Å²) in [6, 6.07) is 10.2. The summed E-state index contributed by atoms with van der Waals surface area (Å²) in [5.41, 5.74) is -2.34. The highest BCUT2D eigenvalue weighted by Crippen LogP contribution is 2.39. The van der Waals surface area contributed by atoms with Crippen molar-refractivity contribution in [3.05, 3.63) is 97.3 Å². The second-order valence-electron chi connectivity index (χ2n) is 7.55. The van der Waals surface area contributed by atoms with Crippen molar-refractivity contribution in [2.45, 2.75) is 12.7 Å². The van der Waals surface area contributed by atoms with Gasteiger partial charge < -0.3 is 9.30 Å². The number of nitrogens with zero attached hydrogens (tertiary/aromatic N) is 4. The molecule has 4 aromatic rings. The van der Waals surface area contributed by atoms with E-state index >= 15 is 0 Å². The Labute approximate surface area is 204 Å². The Morgan fingerprint density at radius 1 is 1.14 bits per heavy atom. The number of benzene rings is 2. The number of rotatable bonds is 5. The van der Waals surface area contributed by atoms with E-state index in [-0.39, 0.29) is 28.7 Å². The molecule has 2 aromatic heterocycles. The normalized spacial score (nSPS) is 11.4. The van der Waals surface area contributed by atoms with Crippen molar-refractivity contribution in [3.8, 4) is 28.7 Å². The first-order valence-electron chi connectivity index (χ1n) is 10.1. The van der Waals surface area contributed by atoms with Gasteiger partial charge in [0.15, 0.2) is 5.82 Å². The molecule has 0 amide bonds. The van der Waals surface area contributed by atoms with Gasteiger partial charge in [-0.2, -0.15) is 23.5 Å². The number of ether oxygens (including phenoxy) is 1. The van der Waals surface area contributed by atoms with Gasteiger partial charge in [-0.1, -0.05) is 23.7 Å². The number of pyridine rings is 1. The van der Waals surface area contributed by atoms with Crippen molar-refractivity contribution >= 4 is 11.6 Å². The molecule has 2 aromatic carbocycles. The summed E-state index contributed by atoms with van der Waals surface area (Å²) in [7, 11) is 1.38. The number of halogens is 5. The highest BCUT2D eigenvalue weighted by molar-refractivity contribution is 6.32. The molecule has 1 N–H and O–H groups in total. The first-order chi connectivity index (χ1) is 17.0. The lowest BCUT2D eigenvalue weighted by Crippen LogP contribution is -2.26. The van der Waals surface area contributed by atoms with E-state index in [9.17, 15) is 27.2 Å². The van der Waals surface area contributed by atoms with Crippen LogP contribution < -0.4 is 16.0 Å². The standard InChI is InChI=1S/C23H14ClF4N5O3/c1-32-19(30-31-22(32)35)11-33-7-6-15(23(26,27)28)20(21(33)34)36-18-5-3-13(9-16(18)24)12-2-4-17(25)14(8-12)10-29/h2-9H,11H2,1H3,(H,31,35). The number of alkyl halides is 3. The van der Waals surface area contributed by atoms with Crippen LogP contribution in [-0.2, 0) is 19.8 Å². The third-order valence-electron chi connectivity index (χ3n) is 5.27. The van der Waals surface area contributed by atoms with Gasteiger partial charge >= 0.3 is 11.9 Å². The molecule has 0 saturated heterocycles. The smallest absolute Gasteiger partial charge is 0.420 e. The average Bonchev–Trinajstić information content (AvgIpc) is 3.14. The van der Waals surface area contributed by atoms with Crippen LogP contribution in [0.25, 0.3) is 11.1 Å². The maximum atomic E-state index is 13.7. The Kier molecular flexibility index (Phi) is 6.43. The molecule has 184 valence electrons. The Morgan fingerprint density at radius 2 is 1.83 bits per heavy atom. The maximum Gasteiger partial charge on any atom is 0.420 e. The summed E-state index contributed by atoms with van der Waals surface area (Å²) in [5.74, 6) is -1.86. The number of nitrogens with one attached hydrogen (secondary N) is 1. The fourth-order valence-electron chi connectivity index (χ4n) is 3.34. The highest BCUT2D eigenvalue weighted by atomic mass is 35.5. The Balaban J connectivity index is 1.74. The predicted molar refractivity (Wildman–Crippen MR) is 120 cm³/mol. The molecule has 0 radical (unpaired) electrons. The maximum absolute atomic E-state index is 13.7. The zero-order valence-electron chi connectivity index (χ0n) is 18.2. The van der Waals surface area contributed by atoms with Crippen LogP contribution in [0.5, 0.6) is 11.5 Å². The third kappa shape index (κ3) is 4.73. The lowest BCUT2D eigenvalue weighted by atomic mass is 10.0. The molecule has 36 heavy (non-hydrogen) atoms. The Morgan fingerprint density at radius 3 is 2.44 bits per heavy atom. The quantitative estimate of drug-likeness (QED) is 0.392. The minimum absolute atomic E-state index is 0.103. The van der Waals surface area contributed by atoms with E-state index < -0.39 is 34.6 Å². The van der Waals surface area contributed by atoms with Gasteiger partial charge in [-0.3, -0.25) is 9.36 Å². The lowest BCUT2D eigenvalue weighted by Gasteiger charge is -2.16. The Hall–Kier alpha value is -4.37. The fraction of sp³-hybridized carbons (Fsp3) is 0.130. The van der Waals surface area contributed by atoms with Gasteiger partial charge in [-0.05, 0) is 41.5 Å². The zero-order valence-corrected chi connectivity index (χ0v) is 19.0. The SMILES string of the molecule is Cn1c(Cn2ccc(C(F)(F)F)c(Oc3ccc(-c4ccc(F)c(C#N)c4)cc3Cl)c2=O)n[nH]c1=O. The summed E-state index contributed by atoms with van der Waals surface area (Å²) in [4.78, 5) is 24.5. The average molecular weight is 520 g/mol. The first-order valence-corrected chi connectivity index (χ1v) is 10.5. The minimum atomic E-state index is -4.92. The number of nitriles is 1. The third-order valence-corrected chi connectivity index (χ3v) is 5.57. The van der Waals surface area contributed by atoms with Crippen molar-refractivity contribution in [2.75, 3.05) is 0 Å². The minimum Gasteiger partial charge on any atom is -0.449 e. The van der Waals surface area contributed by atoms with E-state index in [4.69, 9.17) is 21.6 Å². The number of hydrogen-bond donors (Lipinski definition) is 1. The van der Waals surface area contributed by atoms with E-state index in [1.807, 2.05) is 0 Å². The number of aromatic amines is 1. The molecule has 0 saturated carbocycles. The van der Waals surface area contributed by atoms with Crippen LogP contribution >= 0.6 is 11.6 Å². The van der Waals surface area contributed by atoms with Crippen molar-refractivity contribution in [3.63, 3.8) is 0 Å². The molecule has 13 heteroatoms. The van der Waals surface area contributed by atoms with Gasteiger partial charge in [0.25, 0.3) is 5.56 Å². The van der Waals surface area contributed by atoms with E-state index in [1.165, 1.54) is 37.4 Å². The van der Waals surface area contributed by atoms with Gasteiger partial charge in [-0.15, -0.1) is 0 Å². The molecule has 0 unspecified atom stereocenters. The Bertz CT molecular complexity index is 1630. The van der Waals surface area contributed by atoms with E-state index in [2.05, 4.69) is 10.2 Å². The van der Waals surface area contributed by atoms with Crippen molar-refractivity contribution < 1.29 is 22.3 Å². The van der Waals surface area contributed by atoms with Gasteiger partial charge in [0, 0.05) is 13.2 Å². The molecule has 0 atom stereocenters. The summed E-state index contributed by atoms with van der Waals surface area (Å²) >= 11 is 6.24. The molecular formula is C23H14ClF4N5O3. The van der Waals surface area contributed by atoms with Crippen LogP contribution in [0, 0.1) is 17.1 Å². The fourth-order valence-corrected chi connectivity index (χ4v) is 3.56. The monoisotopic (exact) mass is 519 g/mol. The van der Waals surface area contributed by atoms with Crippen LogP contribution in [-0.4, -0.2) is 19.3 Å². The molecule has 0 fully saturated rings. The molecule has 0 bridgehead atoms. The highest BCUT2D eigenvalue weighted by Gasteiger charge is 2.37. The van der Waals surface area contributed by atoms with Gasteiger partial charge in [0.1, 0.15) is 23.2 Å². The van der Waals surface area contributed by atoms with E-state index in [0.29, 0.717) is 17.2 Å². The van der Waals surface area contributed by atoms with Gasteiger partial charge in [0.05, 0.1) is 17.1 Å². The molecule has 0 aliphatic rings. The lowest BCUT2D eigenvalue weighted by molar-refractivity contribution is -0.138. The van der Waals surface area contributed by atoms with E-state index in [0.717, 1.165) is 21.4 Å². The van der Waals surface area contributed by atoms with Gasteiger partial charge in [-0.25, -0.2) is 14.3 Å². The molecular weight excluding hydrogens is 506 g/mol. The van der Waals surface area contributed by atoms with Crippen LogP contribution in [0.1, 0.15) is 17.0 Å². The molecule has 8 nitrogen and oxygen atoms in total. The molecule has 4 rings (SSSR count). The van der Waals surface area contributed by atoms with Crippen LogP contribution in [0.3, 0.4) is 0 Å². The van der Waals surface area contributed by atoms with Crippen molar-refractivity contribution in [1.82, 2.24) is 19.3 Å². The predicted octanol–water partition coefficient (Wildman–Crippen LogP) is 4.46. The summed E-state index contributed by atoms with van der Waals surface area (Å²) < 4.78 is 62.0.